The maximum atomic E-state index is 12.1. The first-order chi connectivity index (χ1) is 7.11. The molecule has 0 unspecified atom stereocenters. The topological polar surface area (TPSA) is 20.3 Å². The third-order valence-corrected chi connectivity index (χ3v) is 5.16. The van der Waals surface area contributed by atoms with Crippen LogP contribution in [0.15, 0.2) is 22.7 Å². The third kappa shape index (κ3) is 2.36. The Labute approximate surface area is 111 Å². The molecule has 1 aromatic rings. The molecule has 0 saturated heterocycles. The van der Waals surface area contributed by atoms with Gasteiger partial charge in [-0.1, -0.05) is 6.07 Å². The number of carbonyl (C=O) groups excluding carboxylic acids is 1. The average Bonchev–Trinajstić information content (AvgIpc) is 3.03. The number of amides is 1. The molecular formula is C11H11BrINO. The van der Waals surface area contributed by atoms with Crippen LogP contribution >= 0.6 is 38.5 Å². The van der Waals surface area contributed by atoms with Gasteiger partial charge in [0.1, 0.15) is 0 Å². The maximum Gasteiger partial charge on any atom is 0.254 e. The Balaban J connectivity index is 2.28. The predicted molar refractivity (Wildman–Crippen MR) is 72.0 cm³/mol. The van der Waals surface area contributed by atoms with E-state index in [1.807, 2.05) is 30.1 Å². The molecule has 0 aliphatic heterocycles. The van der Waals surface area contributed by atoms with E-state index in [1.54, 1.807) is 0 Å². The summed E-state index contributed by atoms with van der Waals surface area (Å²) in [5, 5.41) is 0. The van der Waals surface area contributed by atoms with Gasteiger partial charge >= 0.3 is 0 Å². The van der Waals surface area contributed by atoms with Crippen molar-refractivity contribution in [1.29, 1.82) is 0 Å². The number of halogens is 2. The molecule has 4 heteroatoms. The van der Waals surface area contributed by atoms with Gasteiger partial charge in [0, 0.05) is 21.1 Å². The van der Waals surface area contributed by atoms with E-state index in [4.69, 9.17) is 0 Å². The van der Waals surface area contributed by atoms with Crippen LogP contribution in [0.2, 0.25) is 0 Å². The SMILES string of the molecule is CN(C(=O)c1cccc(Br)c1I)C1CC1. The van der Waals surface area contributed by atoms with E-state index in [9.17, 15) is 4.79 Å². The van der Waals surface area contributed by atoms with Crippen LogP contribution in [0.3, 0.4) is 0 Å². The largest absolute Gasteiger partial charge is 0.339 e. The summed E-state index contributed by atoms with van der Waals surface area (Å²) < 4.78 is 1.98. The van der Waals surface area contributed by atoms with Gasteiger partial charge in [0.05, 0.1) is 5.56 Å². The number of hydrogen-bond donors (Lipinski definition) is 0. The first-order valence-corrected chi connectivity index (χ1v) is 6.69. The highest BCUT2D eigenvalue weighted by molar-refractivity contribution is 14.1. The van der Waals surface area contributed by atoms with Crippen LogP contribution in [0.25, 0.3) is 0 Å². The van der Waals surface area contributed by atoms with Gasteiger partial charge in [-0.05, 0) is 63.5 Å². The fourth-order valence-corrected chi connectivity index (χ4v) is 2.44. The molecule has 1 saturated carbocycles. The first-order valence-electron chi connectivity index (χ1n) is 4.82. The van der Waals surface area contributed by atoms with Gasteiger partial charge < -0.3 is 4.90 Å². The summed E-state index contributed by atoms with van der Waals surface area (Å²) in [5.41, 5.74) is 0.791. The summed E-state index contributed by atoms with van der Waals surface area (Å²) >= 11 is 5.64. The quantitative estimate of drug-likeness (QED) is 0.722. The van der Waals surface area contributed by atoms with Gasteiger partial charge in [-0.3, -0.25) is 4.79 Å². The highest BCUT2D eigenvalue weighted by atomic mass is 127. The normalized spacial score (nSPS) is 15.1. The fraction of sp³-hybridized carbons (Fsp3) is 0.364. The van der Waals surface area contributed by atoms with Gasteiger partial charge in [-0.15, -0.1) is 0 Å². The van der Waals surface area contributed by atoms with Crippen molar-refractivity contribution in [3.63, 3.8) is 0 Å². The van der Waals surface area contributed by atoms with Gasteiger partial charge in [0.2, 0.25) is 0 Å². The zero-order valence-electron chi connectivity index (χ0n) is 8.34. The minimum atomic E-state index is 0.128. The molecule has 2 nitrogen and oxygen atoms in total. The molecular weight excluding hydrogens is 369 g/mol. The highest BCUT2D eigenvalue weighted by Gasteiger charge is 2.30. The molecule has 1 fully saturated rings. The molecule has 0 atom stereocenters. The molecule has 0 spiro atoms. The Morgan fingerprint density at radius 3 is 2.80 bits per heavy atom. The van der Waals surface area contributed by atoms with E-state index in [-0.39, 0.29) is 5.91 Å². The fourth-order valence-electron chi connectivity index (χ4n) is 1.49. The van der Waals surface area contributed by atoms with Crippen molar-refractivity contribution in [2.75, 3.05) is 7.05 Å². The smallest absolute Gasteiger partial charge is 0.254 e. The second-order valence-corrected chi connectivity index (χ2v) is 5.68. The third-order valence-electron chi connectivity index (χ3n) is 2.60. The molecule has 80 valence electrons. The van der Waals surface area contributed by atoms with Gasteiger partial charge in [-0.25, -0.2) is 0 Å². The minimum Gasteiger partial charge on any atom is -0.339 e. The van der Waals surface area contributed by atoms with E-state index in [0.717, 1.165) is 26.4 Å². The average molecular weight is 380 g/mol. The Hall–Kier alpha value is -0.100. The Morgan fingerprint density at radius 1 is 1.53 bits per heavy atom. The molecule has 0 radical (unpaired) electrons. The van der Waals surface area contributed by atoms with E-state index in [2.05, 4.69) is 38.5 Å². The molecule has 2 rings (SSSR count). The molecule has 15 heavy (non-hydrogen) atoms. The summed E-state index contributed by atoms with van der Waals surface area (Å²) in [6, 6.07) is 6.20. The van der Waals surface area contributed by atoms with E-state index >= 15 is 0 Å². The van der Waals surface area contributed by atoms with E-state index < -0.39 is 0 Å². The second kappa shape index (κ2) is 4.41. The molecule has 0 bridgehead atoms. The number of nitrogens with zero attached hydrogens (tertiary/aromatic N) is 1. The van der Waals surface area contributed by atoms with Crippen LogP contribution in [0.5, 0.6) is 0 Å². The van der Waals surface area contributed by atoms with Crippen LogP contribution in [0.1, 0.15) is 23.2 Å². The van der Waals surface area contributed by atoms with Crippen molar-refractivity contribution in [1.82, 2.24) is 4.90 Å². The van der Waals surface area contributed by atoms with Crippen molar-refractivity contribution < 1.29 is 4.79 Å². The molecule has 1 aliphatic carbocycles. The van der Waals surface area contributed by atoms with Crippen LogP contribution < -0.4 is 0 Å². The zero-order chi connectivity index (χ0) is 11.0. The van der Waals surface area contributed by atoms with E-state index in [0.29, 0.717) is 6.04 Å². The van der Waals surface area contributed by atoms with Crippen LogP contribution in [-0.2, 0) is 0 Å². The number of hydrogen-bond acceptors (Lipinski definition) is 1. The number of carbonyl (C=O) groups is 1. The zero-order valence-corrected chi connectivity index (χ0v) is 12.1. The summed E-state index contributed by atoms with van der Waals surface area (Å²) in [7, 11) is 1.89. The van der Waals surface area contributed by atoms with Crippen LogP contribution in [-0.4, -0.2) is 23.9 Å². The Bertz CT molecular complexity index is 404. The first kappa shape index (κ1) is 11.4. The molecule has 1 aliphatic rings. The molecule has 1 aromatic carbocycles. The van der Waals surface area contributed by atoms with Crippen molar-refractivity contribution >= 4 is 44.4 Å². The molecule has 0 N–H and O–H groups in total. The summed E-state index contributed by atoms with van der Waals surface area (Å²) in [5.74, 6) is 0.128. The number of benzene rings is 1. The summed E-state index contributed by atoms with van der Waals surface area (Å²) in [4.78, 5) is 14.0. The number of rotatable bonds is 2. The molecule has 0 aromatic heterocycles. The van der Waals surface area contributed by atoms with Crippen molar-refractivity contribution in [2.45, 2.75) is 18.9 Å². The Morgan fingerprint density at radius 2 is 2.20 bits per heavy atom. The summed E-state index contributed by atoms with van der Waals surface area (Å²) in [6.07, 6.45) is 2.29. The monoisotopic (exact) mass is 379 g/mol. The minimum absolute atomic E-state index is 0.128. The van der Waals surface area contributed by atoms with Crippen molar-refractivity contribution in [2.24, 2.45) is 0 Å². The van der Waals surface area contributed by atoms with Gasteiger partial charge in [0.15, 0.2) is 0 Å². The lowest BCUT2D eigenvalue weighted by molar-refractivity contribution is 0.0784. The van der Waals surface area contributed by atoms with Crippen LogP contribution in [0.4, 0.5) is 0 Å². The maximum absolute atomic E-state index is 12.1. The second-order valence-electron chi connectivity index (χ2n) is 3.75. The molecule has 1 amide bonds. The van der Waals surface area contributed by atoms with E-state index in [1.165, 1.54) is 0 Å². The highest BCUT2D eigenvalue weighted by Crippen LogP contribution is 2.29. The predicted octanol–water partition coefficient (Wildman–Crippen LogP) is 3.29. The standard InChI is InChI=1S/C11H11BrINO/c1-14(7-5-6-7)11(15)8-3-2-4-9(12)10(8)13/h2-4,7H,5-6H2,1H3. The lowest BCUT2D eigenvalue weighted by Crippen LogP contribution is -2.29. The lowest BCUT2D eigenvalue weighted by atomic mass is 10.2. The van der Waals surface area contributed by atoms with Crippen molar-refractivity contribution in [3.8, 4) is 0 Å². The van der Waals surface area contributed by atoms with Gasteiger partial charge in [0.25, 0.3) is 5.91 Å². The molecule has 0 heterocycles. The lowest BCUT2D eigenvalue weighted by Gasteiger charge is -2.17. The van der Waals surface area contributed by atoms with Crippen molar-refractivity contribution in [3.05, 3.63) is 31.8 Å². The van der Waals surface area contributed by atoms with Crippen LogP contribution in [0, 0.1) is 3.57 Å². The summed E-state index contributed by atoms with van der Waals surface area (Å²) in [6.45, 7) is 0. The Kier molecular flexibility index (Phi) is 3.35. The van der Waals surface area contributed by atoms with Gasteiger partial charge in [-0.2, -0.15) is 0 Å².